The van der Waals surface area contributed by atoms with E-state index in [1.54, 1.807) is 6.92 Å². The Morgan fingerprint density at radius 1 is 1.55 bits per heavy atom. The number of allylic oxidation sites excluding steroid dienone is 1. The Hall–Kier alpha value is -1.42. The van der Waals surface area contributed by atoms with E-state index in [0.29, 0.717) is 5.82 Å². The Morgan fingerprint density at radius 2 is 2.09 bits per heavy atom. The van der Waals surface area contributed by atoms with Gasteiger partial charge in [-0.05, 0) is 12.5 Å². The second-order valence-corrected chi connectivity index (χ2v) is 2.11. The molecule has 0 spiro atoms. The smallest absolute Gasteiger partial charge is 0.201 e. The van der Waals surface area contributed by atoms with Crippen LogP contribution >= 0.6 is 0 Å². The van der Waals surface area contributed by atoms with Gasteiger partial charge in [-0.25, -0.2) is 15.2 Å². The van der Waals surface area contributed by atoms with E-state index in [1.165, 1.54) is 12.4 Å². The van der Waals surface area contributed by atoms with Gasteiger partial charge >= 0.3 is 0 Å². The first-order chi connectivity index (χ1) is 5.24. The van der Waals surface area contributed by atoms with Gasteiger partial charge in [-0.3, -0.25) is 0 Å². The van der Waals surface area contributed by atoms with E-state index in [9.17, 15) is 0 Å². The molecule has 0 bridgehead atoms. The molecule has 0 saturated heterocycles. The van der Waals surface area contributed by atoms with Crippen LogP contribution in [0.1, 0.15) is 12.7 Å². The zero-order valence-electron chi connectivity index (χ0n) is 6.11. The van der Waals surface area contributed by atoms with Crippen molar-refractivity contribution in [1.82, 2.24) is 9.97 Å². The highest BCUT2D eigenvalue weighted by molar-refractivity contribution is 5.53. The first kappa shape index (κ1) is 7.68. The van der Waals surface area contributed by atoms with Crippen LogP contribution < -0.4 is 4.89 Å². The molecule has 0 unspecified atom stereocenters. The molecule has 0 aliphatic rings. The second-order valence-electron chi connectivity index (χ2n) is 2.11. The van der Waals surface area contributed by atoms with Crippen molar-refractivity contribution < 1.29 is 10.1 Å². The molecular weight excluding hydrogens is 144 g/mol. The summed E-state index contributed by atoms with van der Waals surface area (Å²) >= 11 is 0. The third-order valence-corrected chi connectivity index (χ3v) is 1.12. The minimum Gasteiger partial charge on any atom is -0.337 e. The molecular formula is C7H8N2O2. The van der Waals surface area contributed by atoms with Crippen LogP contribution in [0.25, 0.3) is 5.57 Å². The Kier molecular flexibility index (Phi) is 2.18. The molecule has 11 heavy (non-hydrogen) atoms. The number of hydrogen-bond acceptors (Lipinski definition) is 4. The van der Waals surface area contributed by atoms with Gasteiger partial charge in [-0.2, -0.15) is 0 Å². The van der Waals surface area contributed by atoms with Crippen molar-refractivity contribution in [1.29, 1.82) is 0 Å². The van der Waals surface area contributed by atoms with Crippen LogP contribution in [0.2, 0.25) is 0 Å². The fourth-order valence-corrected chi connectivity index (χ4v) is 0.584. The molecule has 0 aliphatic carbocycles. The van der Waals surface area contributed by atoms with Crippen molar-refractivity contribution in [3.8, 4) is 5.75 Å². The summed E-state index contributed by atoms with van der Waals surface area (Å²) in [6, 6.07) is 0. The average Bonchev–Trinajstić information content (AvgIpc) is 2.05. The molecule has 0 saturated carbocycles. The minimum atomic E-state index is 0.218. The van der Waals surface area contributed by atoms with E-state index in [0.717, 1.165) is 5.57 Å². The molecule has 1 N–H and O–H groups in total. The van der Waals surface area contributed by atoms with E-state index in [-0.39, 0.29) is 5.75 Å². The summed E-state index contributed by atoms with van der Waals surface area (Å²) in [6.45, 7) is 5.45. The van der Waals surface area contributed by atoms with Gasteiger partial charge in [0.05, 0.1) is 12.4 Å². The topological polar surface area (TPSA) is 55.2 Å². The highest BCUT2D eigenvalue weighted by Gasteiger charge is 1.97. The molecule has 0 fully saturated rings. The third kappa shape index (κ3) is 1.75. The zero-order valence-corrected chi connectivity index (χ0v) is 6.11. The highest BCUT2D eigenvalue weighted by Crippen LogP contribution is 2.08. The van der Waals surface area contributed by atoms with Gasteiger partial charge in [0.25, 0.3) is 0 Å². The predicted octanol–water partition coefficient (Wildman–Crippen LogP) is 1.36. The van der Waals surface area contributed by atoms with Crippen LogP contribution in [0.4, 0.5) is 0 Å². The quantitative estimate of drug-likeness (QED) is 0.513. The maximum absolute atomic E-state index is 8.16. The lowest BCUT2D eigenvalue weighted by molar-refractivity contribution is -0.138. The first-order valence-corrected chi connectivity index (χ1v) is 3.03. The summed E-state index contributed by atoms with van der Waals surface area (Å²) in [5.41, 5.74) is 0.773. The lowest BCUT2D eigenvalue weighted by Crippen LogP contribution is -1.92. The molecule has 0 aliphatic heterocycles. The molecule has 58 valence electrons. The SMILES string of the molecule is C=C(C)c1ncc(OO)cn1. The zero-order chi connectivity index (χ0) is 8.27. The maximum Gasteiger partial charge on any atom is 0.201 e. The Morgan fingerprint density at radius 3 is 2.45 bits per heavy atom. The van der Waals surface area contributed by atoms with Crippen LogP contribution in [0.15, 0.2) is 19.0 Å². The van der Waals surface area contributed by atoms with Crippen LogP contribution in [0.3, 0.4) is 0 Å². The summed E-state index contributed by atoms with van der Waals surface area (Å²) in [5, 5.41) is 8.16. The molecule has 4 nitrogen and oxygen atoms in total. The largest absolute Gasteiger partial charge is 0.337 e. The molecule has 1 heterocycles. The summed E-state index contributed by atoms with van der Waals surface area (Å²) in [6.07, 6.45) is 2.74. The molecule has 1 rings (SSSR count). The second kappa shape index (κ2) is 3.12. The van der Waals surface area contributed by atoms with Crippen molar-refractivity contribution in [2.75, 3.05) is 0 Å². The molecule has 0 aromatic carbocycles. The van der Waals surface area contributed by atoms with E-state index < -0.39 is 0 Å². The lowest BCUT2D eigenvalue weighted by atomic mass is 10.3. The molecule has 4 heteroatoms. The summed E-state index contributed by atoms with van der Waals surface area (Å²) in [5.74, 6) is 0.765. The maximum atomic E-state index is 8.16. The molecule has 1 aromatic rings. The Labute approximate surface area is 64.1 Å². The van der Waals surface area contributed by atoms with Crippen molar-refractivity contribution in [3.05, 3.63) is 24.8 Å². The van der Waals surface area contributed by atoms with Gasteiger partial charge < -0.3 is 4.89 Å². The van der Waals surface area contributed by atoms with Gasteiger partial charge in [0.15, 0.2) is 5.82 Å². The Balaban J connectivity index is 2.91. The fourth-order valence-electron chi connectivity index (χ4n) is 0.584. The summed E-state index contributed by atoms with van der Waals surface area (Å²) in [4.78, 5) is 11.6. The van der Waals surface area contributed by atoms with Crippen molar-refractivity contribution in [2.24, 2.45) is 0 Å². The van der Waals surface area contributed by atoms with Crippen LogP contribution in [-0.2, 0) is 0 Å². The van der Waals surface area contributed by atoms with E-state index >= 15 is 0 Å². The van der Waals surface area contributed by atoms with Gasteiger partial charge in [0, 0.05) is 0 Å². The molecule has 0 atom stereocenters. The number of nitrogens with zero attached hydrogens (tertiary/aromatic N) is 2. The monoisotopic (exact) mass is 152 g/mol. The van der Waals surface area contributed by atoms with E-state index in [4.69, 9.17) is 5.26 Å². The third-order valence-electron chi connectivity index (χ3n) is 1.12. The van der Waals surface area contributed by atoms with Crippen molar-refractivity contribution in [2.45, 2.75) is 6.92 Å². The van der Waals surface area contributed by atoms with Gasteiger partial charge in [0.2, 0.25) is 5.75 Å². The standard InChI is InChI=1S/C7H8N2O2/c1-5(2)7-8-3-6(11-10)4-9-7/h3-4,10H,1H2,2H3. The predicted molar refractivity (Wildman–Crippen MR) is 40.0 cm³/mol. The van der Waals surface area contributed by atoms with E-state index in [1.807, 2.05) is 0 Å². The lowest BCUT2D eigenvalue weighted by Gasteiger charge is -1.97. The van der Waals surface area contributed by atoms with Crippen LogP contribution in [-0.4, -0.2) is 15.2 Å². The van der Waals surface area contributed by atoms with Crippen LogP contribution in [0, 0.1) is 0 Å². The first-order valence-electron chi connectivity index (χ1n) is 3.03. The summed E-state index contributed by atoms with van der Waals surface area (Å²) in [7, 11) is 0. The molecule has 1 aromatic heterocycles. The highest BCUT2D eigenvalue weighted by atomic mass is 17.1. The average molecular weight is 152 g/mol. The van der Waals surface area contributed by atoms with Crippen molar-refractivity contribution in [3.63, 3.8) is 0 Å². The van der Waals surface area contributed by atoms with Crippen molar-refractivity contribution >= 4 is 5.57 Å². The molecule has 0 amide bonds. The van der Waals surface area contributed by atoms with Crippen LogP contribution in [0.5, 0.6) is 5.75 Å². The fraction of sp³-hybridized carbons (Fsp3) is 0.143. The number of rotatable bonds is 2. The molecule has 0 radical (unpaired) electrons. The van der Waals surface area contributed by atoms with Gasteiger partial charge in [-0.15, -0.1) is 0 Å². The normalized spacial score (nSPS) is 9.27. The number of aromatic nitrogens is 2. The van der Waals surface area contributed by atoms with Gasteiger partial charge in [-0.1, -0.05) is 6.58 Å². The number of hydrogen-bond donors (Lipinski definition) is 1. The van der Waals surface area contributed by atoms with E-state index in [2.05, 4.69) is 21.4 Å². The summed E-state index contributed by atoms with van der Waals surface area (Å²) < 4.78 is 0. The minimum absolute atomic E-state index is 0.218. The Bertz CT molecular complexity index is 256. The van der Waals surface area contributed by atoms with Gasteiger partial charge in [0.1, 0.15) is 0 Å².